The maximum atomic E-state index is 10.8. The Balaban J connectivity index is 2.17. The Morgan fingerprint density at radius 2 is 2.53 bits per heavy atom. The van der Waals surface area contributed by atoms with E-state index in [9.17, 15) is 4.79 Å². The molecule has 0 aromatic carbocycles. The minimum absolute atomic E-state index is 0.0166. The van der Waals surface area contributed by atoms with Crippen molar-refractivity contribution in [3.63, 3.8) is 0 Å². The molecule has 1 aliphatic rings. The Hall–Kier alpha value is -1.36. The Morgan fingerprint density at radius 1 is 1.80 bits per heavy atom. The molecular weight excluding hydrogens is 194 g/mol. The van der Waals surface area contributed by atoms with Gasteiger partial charge in [0.1, 0.15) is 11.9 Å². The van der Waals surface area contributed by atoms with Crippen LogP contribution >= 0.6 is 0 Å². The average molecular weight is 209 g/mol. The van der Waals surface area contributed by atoms with E-state index in [1.807, 2.05) is 13.1 Å². The second kappa shape index (κ2) is 3.66. The molecule has 82 valence electrons. The van der Waals surface area contributed by atoms with Gasteiger partial charge in [0.2, 0.25) is 0 Å². The first kappa shape index (κ1) is 10.2. The van der Waals surface area contributed by atoms with Crippen molar-refractivity contribution in [2.45, 2.75) is 32.4 Å². The van der Waals surface area contributed by atoms with Crippen LogP contribution in [-0.4, -0.2) is 26.7 Å². The highest BCUT2D eigenvalue weighted by Gasteiger charge is 2.28. The number of carboxylic acid groups (broad SMARTS) is 1. The zero-order chi connectivity index (χ0) is 11.0. The number of fused-ring (bicyclic) bond motifs is 1. The molecule has 0 bridgehead atoms. The molecule has 0 radical (unpaired) electrons. The summed E-state index contributed by atoms with van der Waals surface area (Å²) >= 11 is 0. The predicted molar refractivity (Wildman–Crippen MR) is 54.4 cm³/mol. The zero-order valence-corrected chi connectivity index (χ0v) is 8.68. The van der Waals surface area contributed by atoms with Gasteiger partial charge < -0.3 is 15.4 Å². The lowest BCUT2D eigenvalue weighted by Gasteiger charge is -2.27. The number of hydrogen-bond acceptors (Lipinski definition) is 3. The van der Waals surface area contributed by atoms with Crippen LogP contribution in [0, 0.1) is 12.8 Å². The van der Waals surface area contributed by atoms with Gasteiger partial charge in [-0.05, 0) is 19.8 Å². The largest absolute Gasteiger partial charge is 0.480 e. The molecule has 2 atom stereocenters. The standard InChI is InChI=1S/C10H15N3O2/c1-6-12-4-8-3-2-7(5-13(6)8)9(11)10(14)15/h4,7,9H,2-3,5,11H2,1H3,(H,14,15). The topological polar surface area (TPSA) is 81.1 Å². The van der Waals surface area contributed by atoms with E-state index in [2.05, 4.69) is 9.55 Å². The number of carbonyl (C=O) groups is 1. The summed E-state index contributed by atoms with van der Waals surface area (Å²) < 4.78 is 2.07. The van der Waals surface area contributed by atoms with Gasteiger partial charge in [-0.2, -0.15) is 0 Å². The summed E-state index contributed by atoms with van der Waals surface area (Å²) in [6.45, 7) is 2.60. The molecule has 0 saturated carbocycles. The molecule has 0 amide bonds. The minimum atomic E-state index is -0.916. The molecule has 15 heavy (non-hydrogen) atoms. The van der Waals surface area contributed by atoms with Crippen molar-refractivity contribution in [3.8, 4) is 0 Å². The van der Waals surface area contributed by atoms with Gasteiger partial charge in [0.15, 0.2) is 0 Å². The lowest BCUT2D eigenvalue weighted by Crippen LogP contribution is -2.42. The first-order valence-corrected chi connectivity index (χ1v) is 5.09. The molecule has 1 aromatic rings. The number of aliphatic carboxylic acids is 1. The summed E-state index contributed by atoms with van der Waals surface area (Å²) in [5.41, 5.74) is 6.82. The second-order valence-corrected chi connectivity index (χ2v) is 4.07. The van der Waals surface area contributed by atoms with Crippen molar-refractivity contribution >= 4 is 5.97 Å². The van der Waals surface area contributed by atoms with Crippen LogP contribution in [0.3, 0.4) is 0 Å². The highest BCUT2D eigenvalue weighted by Crippen LogP contribution is 2.23. The Morgan fingerprint density at radius 3 is 3.20 bits per heavy atom. The van der Waals surface area contributed by atoms with Crippen molar-refractivity contribution in [3.05, 3.63) is 17.7 Å². The van der Waals surface area contributed by atoms with Gasteiger partial charge in [-0.3, -0.25) is 4.79 Å². The predicted octanol–water partition coefficient (Wildman–Crippen LogP) is 0.166. The Kier molecular flexibility index (Phi) is 2.48. The summed E-state index contributed by atoms with van der Waals surface area (Å²) in [6, 6.07) is -0.764. The number of carboxylic acids is 1. The molecule has 5 nitrogen and oxygen atoms in total. The van der Waals surface area contributed by atoms with Crippen molar-refractivity contribution < 1.29 is 9.90 Å². The molecular formula is C10H15N3O2. The smallest absolute Gasteiger partial charge is 0.320 e. The van der Waals surface area contributed by atoms with Crippen LogP contribution in [-0.2, 0) is 17.8 Å². The van der Waals surface area contributed by atoms with Gasteiger partial charge in [0.25, 0.3) is 0 Å². The van der Waals surface area contributed by atoms with Crippen LogP contribution in [0.1, 0.15) is 17.9 Å². The fraction of sp³-hybridized carbons (Fsp3) is 0.600. The number of hydrogen-bond donors (Lipinski definition) is 2. The van der Waals surface area contributed by atoms with E-state index in [-0.39, 0.29) is 5.92 Å². The molecule has 5 heteroatoms. The van der Waals surface area contributed by atoms with E-state index in [4.69, 9.17) is 10.8 Å². The van der Waals surface area contributed by atoms with Crippen LogP contribution in [0.5, 0.6) is 0 Å². The molecule has 0 saturated heterocycles. The fourth-order valence-corrected chi connectivity index (χ4v) is 2.12. The Labute approximate surface area is 87.9 Å². The lowest BCUT2D eigenvalue weighted by molar-refractivity contribution is -0.140. The molecule has 1 aliphatic heterocycles. The summed E-state index contributed by atoms with van der Waals surface area (Å²) in [5, 5.41) is 8.85. The molecule has 0 fully saturated rings. The second-order valence-electron chi connectivity index (χ2n) is 4.07. The Bertz CT molecular complexity index is 386. The van der Waals surface area contributed by atoms with E-state index in [1.165, 1.54) is 5.69 Å². The van der Waals surface area contributed by atoms with Crippen LogP contribution < -0.4 is 5.73 Å². The van der Waals surface area contributed by atoms with E-state index >= 15 is 0 Å². The quantitative estimate of drug-likeness (QED) is 0.727. The average Bonchev–Trinajstić information content (AvgIpc) is 2.59. The van der Waals surface area contributed by atoms with E-state index in [0.717, 1.165) is 18.7 Å². The number of imidazole rings is 1. The minimum Gasteiger partial charge on any atom is -0.480 e. The van der Waals surface area contributed by atoms with Crippen molar-refractivity contribution in [1.82, 2.24) is 9.55 Å². The van der Waals surface area contributed by atoms with Crippen LogP contribution in [0.15, 0.2) is 6.20 Å². The molecule has 2 unspecified atom stereocenters. The molecule has 1 aromatic heterocycles. The van der Waals surface area contributed by atoms with E-state index in [0.29, 0.717) is 6.54 Å². The third-order valence-corrected chi connectivity index (χ3v) is 3.12. The number of rotatable bonds is 2. The normalized spacial score (nSPS) is 22.1. The van der Waals surface area contributed by atoms with Gasteiger partial charge >= 0.3 is 5.97 Å². The van der Waals surface area contributed by atoms with Gasteiger partial charge in [0, 0.05) is 24.4 Å². The first-order chi connectivity index (χ1) is 7.09. The molecule has 2 rings (SSSR count). The summed E-state index contributed by atoms with van der Waals surface area (Å²) in [6.07, 6.45) is 3.56. The molecule has 2 heterocycles. The number of nitrogens with two attached hydrogens (primary N) is 1. The summed E-state index contributed by atoms with van der Waals surface area (Å²) in [5.74, 6) is 0.0383. The third kappa shape index (κ3) is 1.74. The summed E-state index contributed by atoms with van der Waals surface area (Å²) in [4.78, 5) is 15.0. The van der Waals surface area contributed by atoms with Crippen LogP contribution in [0.25, 0.3) is 0 Å². The monoisotopic (exact) mass is 209 g/mol. The van der Waals surface area contributed by atoms with Gasteiger partial charge in [-0.25, -0.2) is 4.98 Å². The number of aromatic nitrogens is 2. The fourth-order valence-electron chi connectivity index (χ4n) is 2.12. The lowest BCUT2D eigenvalue weighted by atomic mass is 9.91. The zero-order valence-electron chi connectivity index (χ0n) is 8.68. The maximum Gasteiger partial charge on any atom is 0.320 e. The van der Waals surface area contributed by atoms with E-state index in [1.54, 1.807) is 0 Å². The SMILES string of the molecule is Cc1ncc2n1CC(C(N)C(=O)O)CC2. The first-order valence-electron chi connectivity index (χ1n) is 5.09. The van der Waals surface area contributed by atoms with Gasteiger partial charge in [-0.15, -0.1) is 0 Å². The van der Waals surface area contributed by atoms with Crippen molar-refractivity contribution in [2.24, 2.45) is 11.7 Å². The van der Waals surface area contributed by atoms with Gasteiger partial charge in [-0.1, -0.05) is 0 Å². The van der Waals surface area contributed by atoms with Crippen molar-refractivity contribution in [1.29, 1.82) is 0 Å². The number of nitrogens with zero attached hydrogens (tertiary/aromatic N) is 2. The molecule has 3 N–H and O–H groups in total. The van der Waals surface area contributed by atoms with Crippen LogP contribution in [0.2, 0.25) is 0 Å². The molecule has 0 aliphatic carbocycles. The van der Waals surface area contributed by atoms with Gasteiger partial charge in [0.05, 0.1) is 0 Å². The van der Waals surface area contributed by atoms with Crippen molar-refractivity contribution in [2.75, 3.05) is 0 Å². The summed E-state index contributed by atoms with van der Waals surface area (Å²) in [7, 11) is 0. The number of aryl methyl sites for hydroxylation is 2. The maximum absolute atomic E-state index is 10.8. The third-order valence-electron chi connectivity index (χ3n) is 3.12. The molecule has 0 spiro atoms. The van der Waals surface area contributed by atoms with E-state index < -0.39 is 12.0 Å². The highest BCUT2D eigenvalue weighted by molar-refractivity contribution is 5.73. The highest BCUT2D eigenvalue weighted by atomic mass is 16.4. The van der Waals surface area contributed by atoms with Crippen LogP contribution in [0.4, 0.5) is 0 Å².